The molecule has 3 aromatic carbocycles. The number of para-hydroxylation sites is 1. The van der Waals surface area contributed by atoms with Crippen molar-refractivity contribution in [2.75, 3.05) is 13.1 Å². The highest BCUT2D eigenvalue weighted by Crippen LogP contribution is 2.25. The first-order valence-electron chi connectivity index (χ1n) is 12.1. The minimum Gasteiger partial charge on any atom is -0.349 e. The summed E-state index contributed by atoms with van der Waals surface area (Å²) in [7, 11) is 0. The van der Waals surface area contributed by atoms with Crippen molar-refractivity contribution in [1.82, 2.24) is 20.0 Å². The Morgan fingerprint density at radius 1 is 0.917 bits per heavy atom. The number of carbonyl (C=O) groups is 2. The summed E-state index contributed by atoms with van der Waals surface area (Å²) in [5.41, 5.74) is 4.57. The van der Waals surface area contributed by atoms with E-state index in [4.69, 9.17) is 16.7 Å². The van der Waals surface area contributed by atoms with E-state index in [1.165, 1.54) is 0 Å². The maximum atomic E-state index is 13.6. The van der Waals surface area contributed by atoms with Crippen LogP contribution in [0.5, 0.6) is 0 Å². The number of aryl methyl sites for hydroxylation is 1. The lowest BCUT2D eigenvalue weighted by Gasteiger charge is -2.32. The molecule has 5 rings (SSSR count). The van der Waals surface area contributed by atoms with Crippen LogP contribution >= 0.6 is 11.6 Å². The lowest BCUT2D eigenvalue weighted by atomic mass is 10.0. The number of halogens is 1. The van der Waals surface area contributed by atoms with E-state index in [9.17, 15) is 9.59 Å². The molecule has 0 unspecified atom stereocenters. The second-order valence-electron chi connectivity index (χ2n) is 9.02. The molecule has 0 atom stereocenters. The highest BCUT2D eigenvalue weighted by molar-refractivity contribution is 6.30. The van der Waals surface area contributed by atoms with Gasteiger partial charge in [-0.1, -0.05) is 60.1 Å². The van der Waals surface area contributed by atoms with Crippen LogP contribution in [0.25, 0.3) is 16.9 Å². The van der Waals surface area contributed by atoms with Crippen molar-refractivity contribution in [1.29, 1.82) is 0 Å². The molecular formula is C29H27ClN4O2. The number of nitrogens with one attached hydrogen (secondary N) is 1. The van der Waals surface area contributed by atoms with E-state index in [1.807, 2.05) is 96.8 Å². The molecule has 1 aliphatic heterocycles. The number of carbonyl (C=O) groups excluding carboxylic acids is 2. The minimum atomic E-state index is -0.0738. The van der Waals surface area contributed by atoms with Gasteiger partial charge in [-0.05, 0) is 61.7 Å². The molecule has 1 N–H and O–H groups in total. The lowest BCUT2D eigenvalue weighted by molar-refractivity contribution is 0.0689. The van der Waals surface area contributed by atoms with E-state index in [1.54, 1.807) is 4.68 Å². The van der Waals surface area contributed by atoms with E-state index < -0.39 is 0 Å². The van der Waals surface area contributed by atoms with Crippen molar-refractivity contribution < 1.29 is 9.59 Å². The fourth-order valence-corrected chi connectivity index (χ4v) is 4.67. The van der Waals surface area contributed by atoms with Gasteiger partial charge >= 0.3 is 0 Å². The molecule has 2 amide bonds. The highest BCUT2D eigenvalue weighted by atomic mass is 35.5. The molecular weight excluding hydrogens is 472 g/mol. The summed E-state index contributed by atoms with van der Waals surface area (Å²) in [6, 6.07) is 26.5. The van der Waals surface area contributed by atoms with Gasteiger partial charge in [0.1, 0.15) is 5.69 Å². The van der Waals surface area contributed by atoms with Gasteiger partial charge in [0.05, 0.1) is 11.4 Å². The highest BCUT2D eigenvalue weighted by Gasteiger charge is 2.28. The summed E-state index contributed by atoms with van der Waals surface area (Å²) in [5.74, 6) is -0.136. The standard InChI is InChI=1S/C29H27ClN4O2/c1-20-7-5-6-10-25(20)28(35)31-23-15-17-33(18-16-23)29(36)27-19-26(21-11-13-22(30)14-12-21)32-34(27)24-8-3-2-4-9-24/h2-14,19,23H,15-18H2,1H3,(H,31,35). The van der Waals surface area contributed by atoms with Crippen molar-refractivity contribution in [3.8, 4) is 16.9 Å². The lowest BCUT2D eigenvalue weighted by Crippen LogP contribution is -2.47. The van der Waals surface area contributed by atoms with Crippen LogP contribution in [0, 0.1) is 6.92 Å². The number of rotatable bonds is 5. The Bertz CT molecular complexity index is 1370. The second kappa shape index (κ2) is 10.4. The van der Waals surface area contributed by atoms with Gasteiger partial charge in [-0.3, -0.25) is 9.59 Å². The summed E-state index contributed by atoms with van der Waals surface area (Å²) in [4.78, 5) is 28.2. The maximum Gasteiger partial charge on any atom is 0.272 e. The third-order valence-corrected chi connectivity index (χ3v) is 6.83. The molecule has 6 nitrogen and oxygen atoms in total. The monoisotopic (exact) mass is 498 g/mol. The Labute approximate surface area is 215 Å². The Balaban J connectivity index is 1.33. The summed E-state index contributed by atoms with van der Waals surface area (Å²) < 4.78 is 1.71. The van der Waals surface area contributed by atoms with E-state index in [0.29, 0.717) is 47.9 Å². The van der Waals surface area contributed by atoms with E-state index in [2.05, 4.69) is 5.32 Å². The fourth-order valence-electron chi connectivity index (χ4n) is 4.54. The van der Waals surface area contributed by atoms with Crippen molar-refractivity contribution in [2.45, 2.75) is 25.8 Å². The zero-order chi connectivity index (χ0) is 25.1. The molecule has 0 bridgehead atoms. The van der Waals surface area contributed by atoms with Crippen molar-refractivity contribution in [3.63, 3.8) is 0 Å². The molecule has 1 saturated heterocycles. The molecule has 0 aliphatic carbocycles. The van der Waals surface area contributed by atoms with Crippen molar-refractivity contribution >= 4 is 23.4 Å². The Hall–Kier alpha value is -3.90. The van der Waals surface area contributed by atoms with Crippen LogP contribution in [0.4, 0.5) is 0 Å². The molecule has 182 valence electrons. The molecule has 2 heterocycles. The van der Waals surface area contributed by atoms with Gasteiger partial charge in [0.15, 0.2) is 0 Å². The van der Waals surface area contributed by atoms with Crippen LogP contribution in [0.1, 0.15) is 39.3 Å². The number of piperidine rings is 1. The normalized spacial score (nSPS) is 14.0. The van der Waals surface area contributed by atoms with Gasteiger partial charge in [-0.25, -0.2) is 4.68 Å². The number of likely N-dealkylation sites (tertiary alicyclic amines) is 1. The molecule has 1 fully saturated rings. The molecule has 36 heavy (non-hydrogen) atoms. The van der Waals surface area contributed by atoms with Crippen LogP contribution in [0.3, 0.4) is 0 Å². The average molecular weight is 499 g/mol. The van der Waals surface area contributed by atoms with Crippen LogP contribution in [0.15, 0.2) is 84.9 Å². The van der Waals surface area contributed by atoms with Gasteiger partial charge in [0.25, 0.3) is 11.8 Å². The molecule has 0 saturated carbocycles. The number of hydrogen-bond donors (Lipinski definition) is 1. The van der Waals surface area contributed by atoms with Gasteiger partial charge < -0.3 is 10.2 Å². The number of nitrogens with zero attached hydrogens (tertiary/aromatic N) is 3. The molecule has 0 spiro atoms. The molecule has 0 radical (unpaired) electrons. The van der Waals surface area contributed by atoms with Crippen LogP contribution < -0.4 is 5.32 Å². The zero-order valence-electron chi connectivity index (χ0n) is 20.0. The Kier molecular flexibility index (Phi) is 6.87. The van der Waals surface area contributed by atoms with Gasteiger partial charge in [0.2, 0.25) is 0 Å². The van der Waals surface area contributed by atoms with Gasteiger partial charge in [0, 0.05) is 35.3 Å². The van der Waals surface area contributed by atoms with E-state index in [-0.39, 0.29) is 17.9 Å². The quantitative estimate of drug-likeness (QED) is 0.393. The third kappa shape index (κ3) is 5.04. The Morgan fingerprint density at radius 3 is 2.28 bits per heavy atom. The first-order chi connectivity index (χ1) is 17.5. The average Bonchev–Trinajstić information content (AvgIpc) is 3.35. The number of amides is 2. The first-order valence-corrected chi connectivity index (χ1v) is 12.4. The topological polar surface area (TPSA) is 67.2 Å². The van der Waals surface area contributed by atoms with E-state index in [0.717, 1.165) is 16.8 Å². The largest absolute Gasteiger partial charge is 0.349 e. The second-order valence-corrected chi connectivity index (χ2v) is 9.46. The fraction of sp³-hybridized carbons (Fsp3) is 0.207. The summed E-state index contributed by atoms with van der Waals surface area (Å²) in [5, 5.41) is 8.55. The zero-order valence-corrected chi connectivity index (χ0v) is 20.8. The van der Waals surface area contributed by atoms with Crippen molar-refractivity contribution in [2.24, 2.45) is 0 Å². The SMILES string of the molecule is Cc1ccccc1C(=O)NC1CCN(C(=O)c2cc(-c3ccc(Cl)cc3)nn2-c2ccccc2)CC1. The number of benzene rings is 3. The predicted octanol–water partition coefficient (Wildman–Crippen LogP) is 5.54. The number of aromatic nitrogens is 2. The third-order valence-electron chi connectivity index (χ3n) is 6.58. The smallest absolute Gasteiger partial charge is 0.272 e. The minimum absolute atomic E-state index is 0.0322. The maximum absolute atomic E-state index is 13.6. The van der Waals surface area contributed by atoms with Crippen molar-refractivity contribution in [3.05, 3.63) is 107 Å². The van der Waals surface area contributed by atoms with E-state index >= 15 is 0 Å². The van der Waals surface area contributed by atoms with Crippen LogP contribution in [0.2, 0.25) is 5.02 Å². The van der Waals surface area contributed by atoms with Gasteiger partial charge in [-0.2, -0.15) is 5.10 Å². The summed E-state index contributed by atoms with van der Waals surface area (Å²) in [6.45, 7) is 3.06. The predicted molar refractivity (Wildman–Crippen MR) is 142 cm³/mol. The Morgan fingerprint density at radius 2 is 1.58 bits per heavy atom. The number of hydrogen-bond acceptors (Lipinski definition) is 3. The molecule has 1 aliphatic rings. The molecule has 4 aromatic rings. The summed E-state index contributed by atoms with van der Waals surface area (Å²) in [6.07, 6.45) is 1.40. The van der Waals surface area contributed by atoms with Crippen LogP contribution in [-0.2, 0) is 0 Å². The van der Waals surface area contributed by atoms with Gasteiger partial charge in [-0.15, -0.1) is 0 Å². The molecule has 7 heteroatoms. The van der Waals surface area contributed by atoms with Crippen LogP contribution in [-0.4, -0.2) is 45.6 Å². The first kappa shape index (κ1) is 23.8. The molecule has 1 aromatic heterocycles. The summed E-state index contributed by atoms with van der Waals surface area (Å²) >= 11 is 6.06.